The average Bonchev–Trinajstić information content (AvgIpc) is 2.18. The molecule has 2 nitrogen and oxygen atoms in total. The lowest BCUT2D eigenvalue weighted by Gasteiger charge is -2.20. The maximum absolute atomic E-state index is 5.62. The Morgan fingerprint density at radius 3 is 3.23 bits per heavy atom. The predicted molar refractivity (Wildman–Crippen MR) is 53.6 cm³/mol. The van der Waals surface area contributed by atoms with E-state index in [1.165, 1.54) is 5.57 Å². The molecule has 0 unspecified atom stereocenters. The van der Waals surface area contributed by atoms with E-state index in [-0.39, 0.29) is 0 Å². The zero-order valence-corrected chi connectivity index (χ0v) is 7.79. The highest BCUT2D eigenvalue weighted by Gasteiger charge is 2.15. The second kappa shape index (κ2) is 3.60. The van der Waals surface area contributed by atoms with Gasteiger partial charge in [-0.2, -0.15) is 0 Å². The number of hydrogen-bond acceptors (Lipinski definition) is 2. The summed E-state index contributed by atoms with van der Waals surface area (Å²) in [6, 6.07) is 0. The van der Waals surface area contributed by atoms with Crippen molar-refractivity contribution in [3.63, 3.8) is 0 Å². The van der Waals surface area contributed by atoms with Gasteiger partial charge in [0, 0.05) is 13.0 Å². The van der Waals surface area contributed by atoms with E-state index in [0.29, 0.717) is 0 Å². The predicted octanol–water partition coefficient (Wildman–Crippen LogP) is 2.60. The highest BCUT2D eigenvalue weighted by molar-refractivity contribution is 5.81. The van der Waals surface area contributed by atoms with E-state index in [2.05, 4.69) is 17.1 Å². The number of rotatable bonds is 1. The van der Waals surface area contributed by atoms with Crippen LogP contribution in [0, 0.1) is 0 Å². The molecule has 1 aliphatic heterocycles. The summed E-state index contributed by atoms with van der Waals surface area (Å²) in [5.41, 5.74) is 1.29. The number of allylic oxidation sites excluding steroid dienone is 4. The fraction of sp³-hybridized carbons (Fsp3) is 0.364. The van der Waals surface area contributed by atoms with Gasteiger partial charge in [0.25, 0.3) is 0 Å². The highest BCUT2D eigenvalue weighted by atomic mass is 16.5. The lowest BCUT2D eigenvalue weighted by Crippen LogP contribution is -2.12. The Kier molecular flexibility index (Phi) is 2.30. The van der Waals surface area contributed by atoms with Gasteiger partial charge in [-0.1, -0.05) is 18.2 Å². The summed E-state index contributed by atoms with van der Waals surface area (Å²) in [4.78, 5) is 4.26. The number of aliphatic imine (C=N–C) groups is 1. The standard InChI is InChI=1S/C11H13NO/c1-2-12-11-8-7-9-5-3-4-6-10(9)13-11/h3-4,6-7H,2,5,8H2,1H3. The number of ether oxygens (including phenoxy) is 1. The van der Waals surface area contributed by atoms with Crippen LogP contribution in [0.1, 0.15) is 19.8 Å². The first-order chi connectivity index (χ1) is 6.40. The van der Waals surface area contributed by atoms with Gasteiger partial charge in [0.2, 0.25) is 0 Å². The van der Waals surface area contributed by atoms with Crippen molar-refractivity contribution in [2.75, 3.05) is 6.54 Å². The summed E-state index contributed by atoms with van der Waals surface area (Å²) in [7, 11) is 0. The quantitative estimate of drug-likeness (QED) is 0.600. The summed E-state index contributed by atoms with van der Waals surface area (Å²) in [6.07, 6.45) is 10.2. The van der Waals surface area contributed by atoms with E-state index < -0.39 is 0 Å². The number of hydrogen-bond donors (Lipinski definition) is 0. The summed E-state index contributed by atoms with van der Waals surface area (Å²) in [5, 5.41) is 0. The van der Waals surface area contributed by atoms with Gasteiger partial charge in [-0.05, 0) is 25.0 Å². The molecule has 0 aromatic carbocycles. The van der Waals surface area contributed by atoms with E-state index in [1.54, 1.807) is 0 Å². The lowest BCUT2D eigenvalue weighted by molar-refractivity contribution is 0.403. The third-order valence-corrected chi connectivity index (χ3v) is 2.12. The third kappa shape index (κ3) is 1.72. The summed E-state index contributed by atoms with van der Waals surface area (Å²) in [5.74, 6) is 1.81. The molecule has 0 bridgehead atoms. The Hall–Kier alpha value is -1.31. The minimum atomic E-state index is 0.793. The van der Waals surface area contributed by atoms with E-state index in [4.69, 9.17) is 4.74 Å². The van der Waals surface area contributed by atoms with E-state index in [0.717, 1.165) is 31.0 Å². The van der Waals surface area contributed by atoms with Gasteiger partial charge in [-0.25, -0.2) is 0 Å². The molecule has 0 spiro atoms. The molecule has 2 rings (SSSR count). The van der Waals surface area contributed by atoms with Gasteiger partial charge in [0.15, 0.2) is 5.90 Å². The molecule has 0 amide bonds. The zero-order chi connectivity index (χ0) is 9.10. The molecule has 0 atom stereocenters. The van der Waals surface area contributed by atoms with Crippen molar-refractivity contribution in [2.24, 2.45) is 4.99 Å². The summed E-state index contributed by atoms with van der Waals surface area (Å²) in [6.45, 7) is 2.81. The molecule has 0 radical (unpaired) electrons. The van der Waals surface area contributed by atoms with Gasteiger partial charge in [0.1, 0.15) is 5.76 Å². The zero-order valence-electron chi connectivity index (χ0n) is 7.79. The Labute approximate surface area is 78.3 Å². The second-order valence-electron chi connectivity index (χ2n) is 3.07. The summed E-state index contributed by atoms with van der Waals surface area (Å²) >= 11 is 0. The molecule has 68 valence electrons. The van der Waals surface area contributed by atoms with Gasteiger partial charge in [-0.3, -0.25) is 4.99 Å². The smallest absolute Gasteiger partial charge is 0.193 e. The largest absolute Gasteiger partial charge is 0.443 e. The van der Waals surface area contributed by atoms with Crippen molar-refractivity contribution in [2.45, 2.75) is 19.8 Å². The molecule has 0 saturated carbocycles. The average molecular weight is 175 g/mol. The maximum atomic E-state index is 5.62. The first-order valence-corrected chi connectivity index (χ1v) is 4.67. The van der Waals surface area contributed by atoms with Crippen LogP contribution in [0.5, 0.6) is 0 Å². The monoisotopic (exact) mass is 175 g/mol. The third-order valence-electron chi connectivity index (χ3n) is 2.12. The molecule has 2 heteroatoms. The van der Waals surface area contributed by atoms with Gasteiger partial charge in [0.05, 0.1) is 0 Å². The normalized spacial score (nSPS) is 23.3. The first kappa shape index (κ1) is 8.30. The van der Waals surface area contributed by atoms with Crippen LogP contribution in [-0.2, 0) is 4.74 Å². The van der Waals surface area contributed by atoms with Crippen molar-refractivity contribution < 1.29 is 4.74 Å². The van der Waals surface area contributed by atoms with Crippen LogP contribution in [0.15, 0.2) is 40.6 Å². The SMILES string of the molecule is CCN=C1CC=C2CC=CC=C2O1. The molecule has 13 heavy (non-hydrogen) atoms. The van der Waals surface area contributed by atoms with Crippen LogP contribution in [-0.4, -0.2) is 12.4 Å². The minimum absolute atomic E-state index is 0.793. The fourth-order valence-electron chi connectivity index (χ4n) is 1.49. The number of fused-ring (bicyclic) bond motifs is 1. The Bertz CT molecular complexity index is 321. The van der Waals surface area contributed by atoms with Crippen molar-refractivity contribution in [1.82, 2.24) is 0 Å². The molecule has 1 heterocycles. The van der Waals surface area contributed by atoms with Crippen LogP contribution in [0.25, 0.3) is 0 Å². The van der Waals surface area contributed by atoms with Crippen LogP contribution in [0.2, 0.25) is 0 Å². The molecule has 0 N–H and O–H groups in total. The van der Waals surface area contributed by atoms with E-state index in [1.807, 2.05) is 19.1 Å². The lowest BCUT2D eigenvalue weighted by atomic mass is 10.0. The molecule has 2 aliphatic rings. The molecule has 0 saturated heterocycles. The molecule has 0 fully saturated rings. The maximum Gasteiger partial charge on any atom is 0.193 e. The van der Waals surface area contributed by atoms with Crippen molar-refractivity contribution >= 4 is 5.90 Å². The van der Waals surface area contributed by atoms with Crippen molar-refractivity contribution in [3.05, 3.63) is 35.6 Å². The van der Waals surface area contributed by atoms with Gasteiger partial charge >= 0.3 is 0 Å². The summed E-state index contributed by atoms with van der Waals surface area (Å²) < 4.78 is 5.62. The van der Waals surface area contributed by atoms with Crippen LogP contribution in [0.3, 0.4) is 0 Å². The molecular weight excluding hydrogens is 162 g/mol. The Balaban J connectivity index is 2.21. The first-order valence-electron chi connectivity index (χ1n) is 4.67. The second-order valence-corrected chi connectivity index (χ2v) is 3.07. The minimum Gasteiger partial charge on any atom is -0.443 e. The Morgan fingerprint density at radius 1 is 1.46 bits per heavy atom. The van der Waals surface area contributed by atoms with Crippen molar-refractivity contribution in [1.29, 1.82) is 0 Å². The molecule has 0 aromatic rings. The fourth-order valence-corrected chi connectivity index (χ4v) is 1.49. The van der Waals surface area contributed by atoms with Gasteiger partial charge in [-0.15, -0.1) is 0 Å². The van der Waals surface area contributed by atoms with E-state index in [9.17, 15) is 0 Å². The molecule has 1 aliphatic carbocycles. The van der Waals surface area contributed by atoms with Crippen molar-refractivity contribution in [3.8, 4) is 0 Å². The topological polar surface area (TPSA) is 21.6 Å². The van der Waals surface area contributed by atoms with Crippen LogP contribution in [0.4, 0.5) is 0 Å². The molecular formula is C11H13NO. The van der Waals surface area contributed by atoms with Crippen LogP contribution >= 0.6 is 0 Å². The molecule has 0 aromatic heterocycles. The van der Waals surface area contributed by atoms with Gasteiger partial charge < -0.3 is 4.74 Å². The number of nitrogens with zero attached hydrogens (tertiary/aromatic N) is 1. The van der Waals surface area contributed by atoms with Crippen LogP contribution < -0.4 is 0 Å². The highest BCUT2D eigenvalue weighted by Crippen LogP contribution is 2.25. The Morgan fingerprint density at radius 2 is 2.38 bits per heavy atom. The van der Waals surface area contributed by atoms with E-state index >= 15 is 0 Å².